The normalized spacial score (nSPS) is 22.9. The fraction of sp³-hybridized carbons (Fsp3) is 0.680. The molecule has 3 heterocycles. The van der Waals surface area contributed by atoms with Crippen LogP contribution in [-0.2, 0) is 25.6 Å². The Bertz CT molecular complexity index is 915. The molecule has 1 atom stereocenters. The summed E-state index contributed by atoms with van der Waals surface area (Å²) in [6.07, 6.45) is -6.54. The van der Waals surface area contributed by atoms with Crippen molar-refractivity contribution in [3.63, 3.8) is 0 Å². The minimum Gasteiger partial charge on any atom is -0.497 e. The molecule has 9 nitrogen and oxygen atoms in total. The zero-order valence-electron chi connectivity index (χ0n) is 22.0. The number of likely N-dealkylation sites (tertiary alicyclic amines) is 1. The summed E-state index contributed by atoms with van der Waals surface area (Å²) in [4.78, 5) is 23.1. The first kappa shape index (κ1) is 33.6. The first-order chi connectivity index (χ1) is 18.6. The Morgan fingerprint density at radius 1 is 0.925 bits per heavy atom. The van der Waals surface area contributed by atoms with Crippen LogP contribution in [0.4, 0.5) is 26.3 Å². The predicted octanol–water partition coefficient (Wildman–Crippen LogP) is 3.67. The van der Waals surface area contributed by atoms with E-state index in [4.69, 9.17) is 34.0 Å². The Morgan fingerprint density at radius 2 is 1.48 bits per heavy atom. The number of carboxylic acids is 2. The largest absolute Gasteiger partial charge is 0.497 e. The highest BCUT2D eigenvalue weighted by Crippen LogP contribution is 2.36. The van der Waals surface area contributed by atoms with Gasteiger partial charge in [-0.15, -0.1) is 0 Å². The molecule has 0 radical (unpaired) electrons. The van der Waals surface area contributed by atoms with Crippen LogP contribution >= 0.6 is 0 Å². The smallest absolute Gasteiger partial charge is 0.490 e. The molecule has 0 aromatic heterocycles. The fourth-order valence-corrected chi connectivity index (χ4v) is 4.78. The lowest BCUT2D eigenvalue weighted by atomic mass is 9.87. The summed E-state index contributed by atoms with van der Waals surface area (Å²) >= 11 is 0. The van der Waals surface area contributed by atoms with E-state index in [0.717, 1.165) is 51.8 Å². The number of hydrogen-bond donors (Lipinski definition) is 2. The molecule has 2 N–H and O–H groups in total. The number of alkyl halides is 6. The van der Waals surface area contributed by atoms with E-state index in [1.54, 1.807) is 7.11 Å². The zero-order chi connectivity index (χ0) is 30.0. The lowest BCUT2D eigenvalue weighted by Crippen LogP contribution is -2.43. The van der Waals surface area contributed by atoms with E-state index in [9.17, 15) is 26.3 Å². The topological polar surface area (TPSA) is 109 Å². The summed E-state index contributed by atoms with van der Waals surface area (Å²) in [6.45, 7) is 9.14. The fourth-order valence-electron chi connectivity index (χ4n) is 4.78. The number of nitrogens with zero attached hydrogens (tertiary/aromatic N) is 2. The lowest BCUT2D eigenvalue weighted by molar-refractivity contribution is -0.193. The number of aliphatic carboxylic acids is 2. The van der Waals surface area contributed by atoms with Crippen LogP contribution in [0.3, 0.4) is 0 Å². The van der Waals surface area contributed by atoms with Gasteiger partial charge in [0.25, 0.3) is 0 Å². The highest BCUT2D eigenvalue weighted by atomic mass is 19.4. The minimum atomic E-state index is -5.08. The van der Waals surface area contributed by atoms with Crippen molar-refractivity contribution >= 4 is 11.9 Å². The second-order valence-corrected chi connectivity index (χ2v) is 9.78. The Kier molecular flexibility index (Phi) is 12.5. The number of rotatable bonds is 4. The van der Waals surface area contributed by atoms with Crippen molar-refractivity contribution in [2.24, 2.45) is 5.41 Å². The van der Waals surface area contributed by atoms with E-state index in [2.05, 4.69) is 34.1 Å². The molecule has 1 aromatic rings. The van der Waals surface area contributed by atoms with E-state index < -0.39 is 24.3 Å². The third kappa shape index (κ3) is 11.1. The molecule has 3 fully saturated rings. The summed E-state index contributed by atoms with van der Waals surface area (Å²) in [5, 5.41) is 14.2. The first-order valence-electron chi connectivity index (χ1n) is 12.5. The third-order valence-electron chi connectivity index (χ3n) is 6.74. The Hall–Kier alpha value is -2.62. The minimum absolute atomic E-state index is 0.293. The van der Waals surface area contributed by atoms with Gasteiger partial charge in [-0.1, -0.05) is 12.1 Å². The average Bonchev–Trinajstić information content (AvgIpc) is 3.20. The molecule has 0 bridgehead atoms. The molecule has 1 spiro atoms. The molecule has 0 aliphatic carbocycles. The van der Waals surface area contributed by atoms with Crippen LogP contribution in [0.15, 0.2) is 24.3 Å². The van der Waals surface area contributed by atoms with Crippen LogP contribution in [-0.4, -0.2) is 110 Å². The van der Waals surface area contributed by atoms with Gasteiger partial charge in [-0.25, -0.2) is 9.59 Å². The van der Waals surface area contributed by atoms with Crippen LogP contribution in [0.1, 0.15) is 24.8 Å². The molecule has 0 amide bonds. The quantitative estimate of drug-likeness (QED) is 0.510. The number of halogens is 6. The highest BCUT2D eigenvalue weighted by Gasteiger charge is 2.43. The molecule has 15 heteroatoms. The maximum atomic E-state index is 10.6. The molecule has 3 saturated heterocycles. The van der Waals surface area contributed by atoms with Gasteiger partial charge in [-0.3, -0.25) is 9.80 Å². The van der Waals surface area contributed by atoms with Crippen molar-refractivity contribution in [3.8, 4) is 5.75 Å². The van der Waals surface area contributed by atoms with Crippen LogP contribution in [0, 0.1) is 5.41 Å². The molecule has 228 valence electrons. The summed E-state index contributed by atoms with van der Waals surface area (Å²) in [6, 6.07) is 9.19. The van der Waals surface area contributed by atoms with Crippen molar-refractivity contribution in [3.05, 3.63) is 29.8 Å². The number of methoxy groups -OCH3 is 1. The molecule has 40 heavy (non-hydrogen) atoms. The van der Waals surface area contributed by atoms with Crippen LogP contribution in [0.2, 0.25) is 0 Å². The molecule has 0 saturated carbocycles. The predicted molar refractivity (Wildman–Crippen MR) is 129 cm³/mol. The van der Waals surface area contributed by atoms with Gasteiger partial charge in [0.1, 0.15) is 5.75 Å². The van der Waals surface area contributed by atoms with Crippen molar-refractivity contribution in [1.82, 2.24) is 9.80 Å². The van der Waals surface area contributed by atoms with Crippen molar-refractivity contribution in [1.29, 1.82) is 0 Å². The van der Waals surface area contributed by atoms with Gasteiger partial charge >= 0.3 is 24.3 Å². The maximum Gasteiger partial charge on any atom is 0.490 e. The van der Waals surface area contributed by atoms with Gasteiger partial charge in [0.15, 0.2) is 0 Å². The summed E-state index contributed by atoms with van der Waals surface area (Å²) in [5.41, 5.74) is 1.64. The van der Waals surface area contributed by atoms with Gasteiger partial charge in [0, 0.05) is 50.8 Å². The van der Waals surface area contributed by atoms with Crippen molar-refractivity contribution < 1.29 is 60.4 Å². The number of ether oxygens (including phenoxy) is 3. The number of benzene rings is 1. The zero-order valence-corrected chi connectivity index (χ0v) is 22.0. The monoisotopic (exact) mass is 588 g/mol. The molecule has 1 aromatic carbocycles. The summed E-state index contributed by atoms with van der Waals surface area (Å²) < 4.78 is 80.4. The van der Waals surface area contributed by atoms with Crippen molar-refractivity contribution in [2.75, 3.05) is 59.7 Å². The van der Waals surface area contributed by atoms with Gasteiger partial charge < -0.3 is 24.4 Å². The number of carboxylic acid groups (broad SMARTS) is 2. The van der Waals surface area contributed by atoms with Gasteiger partial charge in [0.05, 0.1) is 20.3 Å². The Labute approximate surface area is 227 Å². The lowest BCUT2D eigenvalue weighted by Gasteiger charge is -2.35. The van der Waals surface area contributed by atoms with E-state index in [1.807, 2.05) is 0 Å². The average molecular weight is 589 g/mol. The Morgan fingerprint density at radius 3 is 1.98 bits per heavy atom. The van der Waals surface area contributed by atoms with Gasteiger partial charge in [-0.05, 0) is 43.5 Å². The van der Waals surface area contributed by atoms with Crippen LogP contribution in [0.25, 0.3) is 0 Å². The molecule has 3 aliphatic rings. The molecular weight excluding hydrogens is 554 g/mol. The van der Waals surface area contributed by atoms with E-state index in [0.29, 0.717) is 11.5 Å². The first-order valence-corrected chi connectivity index (χ1v) is 12.5. The molecular formula is C25H34F6N2O7. The molecule has 1 unspecified atom stereocenters. The van der Waals surface area contributed by atoms with Gasteiger partial charge in [0.2, 0.25) is 0 Å². The van der Waals surface area contributed by atoms with E-state index in [1.165, 1.54) is 37.9 Å². The van der Waals surface area contributed by atoms with E-state index >= 15 is 0 Å². The third-order valence-corrected chi connectivity index (χ3v) is 6.74. The maximum absolute atomic E-state index is 10.6. The SMILES string of the molecule is COc1ccc(CN2CCOCC3(CCN(C4CCOCC4)C3)C2)cc1.O=C(O)C(F)(F)F.O=C(O)C(F)(F)F. The second-order valence-electron chi connectivity index (χ2n) is 9.78. The second kappa shape index (κ2) is 14.8. The standard InChI is InChI=1S/C21H32N2O3.2C2HF3O2/c1-24-20-4-2-18(3-5-20)14-22-10-13-26-17-21(15-22)8-9-23(16-21)19-6-11-25-12-7-19;2*3-2(4,5)1(6)7/h2-5,19H,6-17H2,1H3;2*(H,6,7). The number of hydrogen-bond acceptors (Lipinski definition) is 7. The Balaban J connectivity index is 0.000000333. The van der Waals surface area contributed by atoms with Crippen LogP contribution < -0.4 is 4.74 Å². The summed E-state index contributed by atoms with van der Waals surface area (Å²) in [7, 11) is 1.72. The summed E-state index contributed by atoms with van der Waals surface area (Å²) in [5.74, 6) is -4.59. The van der Waals surface area contributed by atoms with Crippen molar-refractivity contribution in [2.45, 2.75) is 44.2 Å². The number of carbonyl (C=O) groups is 2. The molecule has 3 aliphatic heterocycles. The highest BCUT2D eigenvalue weighted by molar-refractivity contribution is 5.73. The molecule has 4 rings (SSSR count). The van der Waals surface area contributed by atoms with Gasteiger partial charge in [-0.2, -0.15) is 26.3 Å². The van der Waals surface area contributed by atoms with E-state index in [-0.39, 0.29) is 0 Å². The van der Waals surface area contributed by atoms with Crippen LogP contribution in [0.5, 0.6) is 5.75 Å².